The normalized spacial score (nSPS) is 10.2. The second-order valence-electron chi connectivity index (χ2n) is 5.05. The SMILES string of the molecule is O=C(NCc1ccccc1Cl)c1cc(Nc2ccccc2)ncn1. The number of halogens is 1. The molecule has 1 heterocycles. The Morgan fingerprint density at radius 1 is 1.00 bits per heavy atom. The molecule has 0 saturated heterocycles. The molecular formula is C18H15ClN4O. The number of nitrogens with zero attached hydrogens (tertiary/aromatic N) is 2. The molecule has 24 heavy (non-hydrogen) atoms. The lowest BCUT2D eigenvalue weighted by atomic mass is 10.2. The highest BCUT2D eigenvalue weighted by Gasteiger charge is 2.09. The Hall–Kier alpha value is -2.92. The molecule has 3 rings (SSSR count). The Morgan fingerprint density at radius 2 is 1.75 bits per heavy atom. The van der Waals surface area contributed by atoms with E-state index in [1.54, 1.807) is 12.1 Å². The van der Waals surface area contributed by atoms with Gasteiger partial charge in [-0.25, -0.2) is 9.97 Å². The predicted octanol–water partition coefficient (Wildman–Crippen LogP) is 3.80. The number of para-hydroxylation sites is 1. The van der Waals surface area contributed by atoms with Gasteiger partial charge in [0, 0.05) is 23.3 Å². The fourth-order valence-corrected chi connectivity index (χ4v) is 2.33. The van der Waals surface area contributed by atoms with E-state index in [2.05, 4.69) is 20.6 Å². The molecule has 2 aromatic carbocycles. The number of rotatable bonds is 5. The summed E-state index contributed by atoms with van der Waals surface area (Å²) in [5, 5.41) is 6.55. The van der Waals surface area contributed by atoms with E-state index in [0.717, 1.165) is 11.3 Å². The number of carbonyl (C=O) groups excluding carboxylic acids is 1. The highest BCUT2D eigenvalue weighted by molar-refractivity contribution is 6.31. The molecule has 1 amide bonds. The topological polar surface area (TPSA) is 66.9 Å². The first kappa shape index (κ1) is 16.0. The van der Waals surface area contributed by atoms with Crippen LogP contribution in [0.2, 0.25) is 5.02 Å². The molecule has 0 spiro atoms. The van der Waals surface area contributed by atoms with Crippen LogP contribution in [0.4, 0.5) is 11.5 Å². The van der Waals surface area contributed by atoms with Crippen molar-refractivity contribution in [3.63, 3.8) is 0 Å². The molecule has 0 aliphatic heterocycles. The third-order valence-electron chi connectivity index (χ3n) is 3.34. The smallest absolute Gasteiger partial charge is 0.270 e. The number of aromatic nitrogens is 2. The molecule has 0 aliphatic carbocycles. The summed E-state index contributed by atoms with van der Waals surface area (Å²) in [6.07, 6.45) is 1.36. The molecule has 0 atom stereocenters. The molecule has 5 nitrogen and oxygen atoms in total. The maximum atomic E-state index is 12.3. The van der Waals surface area contributed by atoms with Crippen LogP contribution in [-0.2, 0) is 6.54 Å². The van der Waals surface area contributed by atoms with E-state index in [1.807, 2.05) is 48.5 Å². The Kier molecular flexibility index (Phi) is 5.03. The maximum absolute atomic E-state index is 12.3. The van der Waals surface area contributed by atoms with Crippen LogP contribution in [0.5, 0.6) is 0 Å². The van der Waals surface area contributed by atoms with Gasteiger partial charge in [-0.1, -0.05) is 48.0 Å². The van der Waals surface area contributed by atoms with Crippen LogP contribution >= 0.6 is 11.6 Å². The summed E-state index contributed by atoms with van der Waals surface area (Å²) in [7, 11) is 0. The minimum absolute atomic E-state index is 0.284. The third kappa shape index (κ3) is 4.08. The zero-order valence-electron chi connectivity index (χ0n) is 12.7. The average molecular weight is 339 g/mol. The van der Waals surface area contributed by atoms with Gasteiger partial charge in [0.15, 0.2) is 0 Å². The van der Waals surface area contributed by atoms with Crippen LogP contribution in [0.15, 0.2) is 67.0 Å². The van der Waals surface area contributed by atoms with Gasteiger partial charge in [0.1, 0.15) is 17.8 Å². The van der Waals surface area contributed by atoms with E-state index in [4.69, 9.17) is 11.6 Å². The number of anilines is 2. The van der Waals surface area contributed by atoms with Gasteiger partial charge in [-0.2, -0.15) is 0 Å². The zero-order chi connectivity index (χ0) is 16.8. The molecule has 1 aromatic heterocycles. The molecule has 2 N–H and O–H groups in total. The zero-order valence-corrected chi connectivity index (χ0v) is 13.5. The number of nitrogens with one attached hydrogen (secondary N) is 2. The summed E-state index contributed by atoms with van der Waals surface area (Å²) >= 11 is 6.08. The minimum atomic E-state index is -0.284. The molecule has 0 radical (unpaired) electrons. The summed E-state index contributed by atoms with van der Waals surface area (Å²) in [5.41, 5.74) is 2.03. The van der Waals surface area contributed by atoms with E-state index in [1.165, 1.54) is 6.33 Å². The van der Waals surface area contributed by atoms with Crippen molar-refractivity contribution in [3.8, 4) is 0 Å². The first-order valence-electron chi connectivity index (χ1n) is 7.38. The minimum Gasteiger partial charge on any atom is -0.347 e. The standard InChI is InChI=1S/C18H15ClN4O/c19-15-9-5-4-6-13(15)11-20-18(24)16-10-17(22-12-21-16)23-14-7-2-1-3-8-14/h1-10,12H,11H2,(H,20,24)(H,21,22,23). The quantitative estimate of drug-likeness (QED) is 0.742. The van der Waals surface area contributed by atoms with Gasteiger partial charge in [-0.3, -0.25) is 4.79 Å². The lowest BCUT2D eigenvalue weighted by molar-refractivity contribution is 0.0946. The summed E-state index contributed by atoms with van der Waals surface area (Å²) < 4.78 is 0. The predicted molar refractivity (Wildman–Crippen MR) is 94.4 cm³/mol. The number of hydrogen-bond acceptors (Lipinski definition) is 4. The Balaban J connectivity index is 1.67. The maximum Gasteiger partial charge on any atom is 0.270 e. The lowest BCUT2D eigenvalue weighted by Gasteiger charge is -2.08. The van der Waals surface area contributed by atoms with Crippen molar-refractivity contribution in [1.82, 2.24) is 15.3 Å². The van der Waals surface area contributed by atoms with E-state index in [-0.39, 0.29) is 11.6 Å². The highest BCUT2D eigenvalue weighted by Crippen LogP contribution is 2.15. The van der Waals surface area contributed by atoms with Gasteiger partial charge in [0.2, 0.25) is 0 Å². The van der Waals surface area contributed by atoms with Crippen LogP contribution in [-0.4, -0.2) is 15.9 Å². The molecule has 0 aliphatic rings. The molecule has 120 valence electrons. The van der Waals surface area contributed by atoms with Gasteiger partial charge in [0.05, 0.1) is 0 Å². The number of amides is 1. The number of carbonyl (C=O) groups is 1. The van der Waals surface area contributed by atoms with Crippen molar-refractivity contribution in [1.29, 1.82) is 0 Å². The summed E-state index contributed by atoms with van der Waals surface area (Å²) in [5.74, 6) is 0.271. The molecule has 3 aromatic rings. The summed E-state index contributed by atoms with van der Waals surface area (Å²) in [6, 6.07) is 18.6. The molecule has 0 saturated carbocycles. The van der Waals surface area contributed by atoms with Gasteiger partial charge >= 0.3 is 0 Å². The average Bonchev–Trinajstić information content (AvgIpc) is 2.62. The van der Waals surface area contributed by atoms with Crippen molar-refractivity contribution in [3.05, 3.63) is 83.3 Å². The van der Waals surface area contributed by atoms with Crippen LogP contribution in [0.25, 0.3) is 0 Å². The summed E-state index contributed by atoms with van der Waals surface area (Å²) in [4.78, 5) is 20.4. The van der Waals surface area contributed by atoms with Crippen molar-refractivity contribution >= 4 is 29.0 Å². The van der Waals surface area contributed by atoms with E-state index >= 15 is 0 Å². The first-order chi connectivity index (χ1) is 11.7. The lowest BCUT2D eigenvalue weighted by Crippen LogP contribution is -2.24. The van der Waals surface area contributed by atoms with Gasteiger partial charge in [-0.15, -0.1) is 0 Å². The van der Waals surface area contributed by atoms with E-state index in [0.29, 0.717) is 17.4 Å². The fourth-order valence-electron chi connectivity index (χ4n) is 2.13. The number of benzene rings is 2. The monoisotopic (exact) mass is 338 g/mol. The first-order valence-corrected chi connectivity index (χ1v) is 7.76. The molecular weight excluding hydrogens is 324 g/mol. The van der Waals surface area contributed by atoms with Gasteiger partial charge in [0.25, 0.3) is 5.91 Å². The van der Waals surface area contributed by atoms with Crippen molar-refractivity contribution < 1.29 is 4.79 Å². The summed E-state index contributed by atoms with van der Waals surface area (Å²) in [6.45, 7) is 0.337. The van der Waals surface area contributed by atoms with E-state index < -0.39 is 0 Å². The number of hydrogen-bond donors (Lipinski definition) is 2. The van der Waals surface area contributed by atoms with Crippen LogP contribution < -0.4 is 10.6 Å². The van der Waals surface area contributed by atoms with Crippen LogP contribution in [0.1, 0.15) is 16.1 Å². The molecule has 0 bridgehead atoms. The van der Waals surface area contributed by atoms with Crippen molar-refractivity contribution in [2.75, 3.05) is 5.32 Å². The second kappa shape index (κ2) is 7.57. The molecule has 6 heteroatoms. The van der Waals surface area contributed by atoms with Crippen LogP contribution in [0.3, 0.4) is 0 Å². The second-order valence-corrected chi connectivity index (χ2v) is 5.46. The Bertz CT molecular complexity index is 839. The fraction of sp³-hybridized carbons (Fsp3) is 0.0556. The van der Waals surface area contributed by atoms with Crippen molar-refractivity contribution in [2.24, 2.45) is 0 Å². The molecule has 0 unspecified atom stereocenters. The Labute approximate surface area is 144 Å². The third-order valence-corrected chi connectivity index (χ3v) is 3.71. The van der Waals surface area contributed by atoms with Gasteiger partial charge < -0.3 is 10.6 Å². The largest absolute Gasteiger partial charge is 0.347 e. The van der Waals surface area contributed by atoms with E-state index in [9.17, 15) is 4.79 Å². The van der Waals surface area contributed by atoms with Crippen molar-refractivity contribution in [2.45, 2.75) is 6.54 Å². The Morgan fingerprint density at radius 3 is 2.54 bits per heavy atom. The highest BCUT2D eigenvalue weighted by atomic mass is 35.5. The molecule has 0 fully saturated rings. The van der Waals surface area contributed by atoms with Gasteiger partial charge in [-0.05, 0) is 23.8 Å². The van der Waals surface area contributed by atoms with Crippen LogP contribution in [0, 0.1) is 0 Å².